The van der Waals surface area contributed by atoms with Crippen molar-refractivity contribution in [1.82, 2.24) is 4.90 Å². The van der Waals surface area contributed by atoms with Crippen LogP contribution in [0.4, 0.5) is 0 Å². The topological polar surface area (TPSA) is 57.6 Å². The molecule has 1 heterocycles. The highest BCUT2D eigenvalue weighted by Gasteiger charge is 2.42. The SMILES string of the molecule is CC1C[C@H](C(=O)N2CCCSCC2)[C@H](C(=O)O)C1. The van der Waals surface area contributed by atoms with Crippen LogP contribution in [-0.2, 0) is 9.59 Å². The minimum absolute atomic E-state index is 0.0780. The molecule has 0 aromatic carbocycles. The lowest BCUT2D eigenvalue weighted by atomic mass is 9.94. The Kier molecular flexibility index (Phi) is 4.54. The quantitative estimate of drug-likeness (QED) is 0.830. The molecule has 1 unspecified atom stereocenters. The average molecular weight is 271 g/mol. The maximum absolute atomic E-state index is 12.5. The molecule has 1 N–H and O–H groups in total. The van der Waals surface area contributed by atoms with Crippen LogP contribution in [0.15, 0.2) is 0 Å². The number of thioether (sulfide) groups is 1. The number of rotatable bonds is 2. The Hall–Kier alpha value is -0.710. The largest absolute Gasteiger partial charge is 0.481 e. The Labute approximate surface area is 112 Å². The monoisotopic (exact) mass is 271 g/mol. The molecule has 0 aromatic heterocycles. The van der Waals surface area contributed by atoms with Crippen LogP contribution in [0.2, 0.25) is 0 Å². The maximum atomic E-state index is 12.5. The van der Waals surface area contributed by atoms with E-state index in [9.17, 15) is 14.7 Å². The van der Waals surface area contributed by atoms with Crippen molar-refractivity contribution in [2.75, 3.05) is 24.6 Å². The Bertz CT molecular complexity index is 326. The number of aliphatic carboxylic acids is 1. The zero-order valence-electron chi connectivity index (χ0n) is 10.8. The molecule has 0 aromatic rings. The third kappa shape index (κ3) is 2.99. The van der Waals surface area contributed by atoms with Crippen LogP contribution >= 0.6 is 11.8 Å². The van der Waals surface area contributed by atoms with Gasteiger partial charge in [-0.1, -0.05) is 6.92 Å². The summed E-state index contributed by atoms with van der Waals surface area (Å²) in [4.78, 5) is 25.6. The fourth-order valence-corrected chi connectivity index (χ4v) is 3.93. The molecule has 4 nitrogen and oxygen atoms in total. The van der Waals surface area contributed by atoms with Crippen molar-refractivity contribution < 1.29 is 14.7 Å². The van der Waals surface area contributed by atoms with Crippen LogP contribution in [0.1, 0.15) is 26.2 Å². The second-order valence-corrected chi connectivity index (χ2v) is 6.64. The van der Waals surface area contributed by atoms with Crippen molar-refractivity contribution in [3.63, 3.8) is 0 Å². The standard InChI is InChI=1S/C13H21NO3S/c1-9-7-10(11(8-9)13(16)17)12(15)14-3-2-5-18-6-4-14/h9-11H,2-8H2,1H3,(H,16,17)/t9?,10-,11+/m0/s1. The molecular formula is C13H21NO3S. The van der Waals surface area contributed by atoms with E-state index in [-0.39, 0.29) is 11.8 Å². The van der Waals surface area contributed by atoms with Gasteiger partial charge in [0.1, 0.15) is 0 Å². The van der Waals surface area contributed by atoms with Crippen LogP contribution in [0.25, 0.3) is 0 Å². The lowest BCUT2D eigenvalue weighted by Gasteiger charge is -2.25. The highest BCUT2D eigenvalue weighted by molar-refractivity contribution is 7.99. The predicted molar refractivity (Wildman–Crippen MR) is 71.5 cm³/mol. The van der Waals surface area contributed by atoms with Gasteiger partial charge in [0.25, 0.3) is 0 Å². The van der Waals surface area contributed by atoms with E-state index < -0.39 is 11.9 Å². The van der Waals surface area contributed by atoms with Crippen LogP contribution in [0.5, 0.6) is 0 Å². The second-order valence-electron chi connectivity index (χ2n) is 5.42. The number of nitrogens with zero attached hydrogens (tertiary/aromatic N) is 1. The minimum atomic E-state index is -0.804. The summed E-state index contributed by atoms with van der Waals surface area (Å²) in [7, 11) is 0. The molecule has 2 fully saturated rings. The Morgan fingerprint density at radius 1 is 1.17 bits per heavy atom. The number of hydrogen-bond acceptors (Lipinski definition) is 3. The zero-order chi connectivity index (χ0) is 13.1. The first-order chi connectivity index (χ1) is 8.59. The van der Waals surface area contributed by atoms with Crippen molar-refractivity contribution in [3.8, 4) is 0 Å². The molecule has 1 saturated carbocycles. The van der Waals surface area contributed by atoms with E-state index in [4.69, 9.17) is 0 Å². The number of carbonyl (C=O) groups is 2. The third-order valence-corrected chi connectivity index (χ3v) is 5.02. The predicted octanol–water partition coefficient (Wildman–Crippen LogP) is 1.70. The van der Waals surface area contributed by atoms with Crippen LogP contribution in [0.3, 0.4) is 0 Å². The second kappa shape index (κ2) is 5.95. The van der Waals surface area contributed by atoms with Gasteiger partial charge in [0.2, 0.25) is 5.91 Å². The van der Waals surface area contributed by atoms with E-state index in [1.165, 1.54) is 0 Å². The van der Waals surface area contributed by atoms with Gasteiger partial charge < -0.3 is 10.0 Å². The van der Waals surface area contributed by atoms with Crippen LogP contribution in [0, 0.1) is 17.8 Å². The molecule has 2 aliphatic rings. The molecule has 0 bridgehead atoms. The van der Waals surface area contributed by atoms with Crippen molar-refractivity contribution in [2.24, 2.45) is 17.8 Å². The fourth-order valence-electron chi connectivity index (χ4n) is 3.04. The molecule has 18 heavy (non-hydrogen) atoms. The molecule has 1 saturated heterocycles. The van der Waals surface area contributed by atoms with E-state index in [0.717, 1.165) is 37.4 Å². The summed E-state index contributed by atoms with van der Waals surface area (Å²) in [6.45, 7) is 3.62. The summed E-state index contributed by atoms with van der Waals surface area (Å²) in [6.07, 6.45) is 2.41. The number of hydrogen-bond donors (Lipinski definition) is 1. The molecule has 5 heteroatoms. The smallest absolute Gasteiger partial charge is 0.307 e. The number of carbonyl (C=O) groups excluding carboxylic acids is 1. The van der Waals surface area contributed by atoms with E-state index in [1.807, 2.05) is 23.6 Å². The first kappa shape index (κ1) is 13.7. The van der Waals surface area contributed by atoms with E-state index in [2.05, 4.69) is 0 Å². The molecule has 102 valence electrons. The van der Waals surface area contributed by atoms with Gasteiger partial charge in [-0.3, -0.25) is 9.59 Å². The molecule has 0 radical (unpaired) electrons. The molecular weight excluding hydrogens is 250 g/mol. The molecule has 2 rings (SSSR count). The van der Waals surface area contributed by atoms with Gasteiger partial charge in [-0.15, -0.1) is 0 Å². The van der Waals surface area contributed by atoms with Crippen molar-refractivity contribution in [1.29, 1.82) is 0 Å². The lowest BCUT2D eigenvalue weighted by Crippen LogP contribution is -2.40. The average Bonchev–Trinajstić information content (AvgIpc) is 2.56. The van der Waals surface area contributed by atoms with Crippen molar-refractivity contribution in [2.45, 2.75) is 26.2 Å². The van der Waals surface area contributed by atoms with Crippen LogP contribution < -0.4 is 0 Å². The summed E-state index contributed by atoms with van der Waals surface area (Å²) in [6, 6.07) is 0. The zero-order valence-corrected chi connectivity index (χ0v) is 11.6. The number of carboxylic acid groups (broad SMARTS) is 1. The Morgan fingerprint density at radius 3 is 2.61 bits per heavy atom. The molecule has 1 aliphatic heterocycles. The summed E-state index contributed by atoms with van der Waals surface area (Å²) < 4.78 is 0. The van der Waals surface area contributed by atoms with Gasteiger partial charge in [-0.2, -0.15) is 11.8 Å². The van der Waals surface area contributed by atoms with Gasteiger partial charge >= 0.3 is 5.97 Å². The van der Waals surface area contributed by atoms with Crippen molar-refractivity contribution >= 4 is 23.6 Å². The fraction of sp³-hybridized carbons (Fsp3) is 0.846. The number of amides is 1. The van der Waals surface area contributed by atoms with Gasteiger partial charge in [-0.25, -0.2) is 0 Å². The van der Waals surface area contributed by atoms with Gasteiger partial charge in [0.05, 0.1) is 11.8 Å². The van der Waals surface area contributed by atoms with Crippen LogP contribution in [-0.4, -0.2) is 46.5 Å². The highest BCUT2D eigenvalue weighted by Crippen LogP contribution is 2.37. The summed E-state index contributed by atoms with van der Waals surface area (Å²) in [5, 5.41) is 9.23. The van der Waals surface area contributed by atoms with E-state index in [1.54, 1.807) is 0 Å². The number of carboxylic acids is 1. The maximum Gasteiger partial charge on any atom is 0.307 e. The molecule has 1 aliphatic carbocycles. The normalized spacial score (nSPS) is 33.2. The highest BCUT2D eigenvalue weighted by atomic mass is 32.2. The van der Waals surface area contributed by atoms with E-state index >= 15 is 0 Å². The summed E-state index contributed by atoms with van der Waals surface area (Å²) in [5.41, 5.74) is 0. The molecule has 1 amide bonds. The first-order valence-corrected chi connectivity index (χ1v) is 7.84. The Morgan fingerprint density at radius 2 is 1.89 bits per heavy atom. The lowest BCUT2D eigenvalue weighted by molar-refractivity contribution is -0.149. The summed E-state index contributed by atoms with van der Waals surface area (Å²) >= 11 is 1.88. The molecule has 3 atom stereocenters. The first-order valence-electron chi connectivity index (χ1n) is 6.69. The van der Waals surface area contributed by atoms with Crippen molar-refractivity contribution in [3.05, 3.63) is 0 Å². The van der Waals surface area contributed by atoms with E-state index in [0.29, 0.717) is 12.3 Å². The minimum Gasteiger partial charge on any atom is -0.481 e. The van der Waals surface area contributed by atoms with Gasteiger partial charge in [0.15, 0.2) is 0 Å². The third-order valence-electron chi connectivity index (χ3n) is 3.97. The Balaban J connectivity index is 2.04. The molecule has 0 spiro atoms. The van der Waals surface area contributed by atoms with Gasteiger partial charge in [0, 0.05) is 18.8 Å². The van der Waals surface area contributed by atoms with Gasteiger partial charge in [-0.05, 0) is 30.9 Å². The summed E-state index contributed by atoms with van der Waals surface area (Å²) in [5.74, 6) is 0.945.